The first-order valence-corrected chi connectivity index (χ1v) is 8.14. The van der Waals surface area contributed by atoms with Crippen molar-refractivity contribution in [1.29, 1.82) is 0 Å². The molecule has 1 N–H and O–H groups in total. The van der Waals surface area contributed by atoms with E-state index in [0.29, 0.717) is 6.04 Å². The molecule has 2 nitrogen and oxygen atoms in total. The van der Waals surface area contributed by atoms with Crippen LogP contribution in [0.25, 0.3) is 0 Å². The third-order valence-electron chi connectivity index (χ3n) is 4.08. The lowest BCUT2D eigenvalue weighted by molar-refractivity contribution is 0.603. The molecule has 1 aliphatic carbocycles. The van der Waals surface area contributed by atoms with Crippen molar-refractivity contribution in [3.05, 3.63) is 28.2 Å². The van der Waals surface area contributed by atoms with Crippen LogP contribution < -0.4 is 10.2 Å². The average molecular weight is 325 g/mol. The largest absolute Gasteiger partial charge is 0.371 e. The van der Waals surface area contributed by atoms with Crippen molar-refractivity contribution < 1.29 is 0 Å². The summed E-state index contributed by atoms with van der Waals surface area (Å²) in [5, 5.41) is 3.51. The minimum Gasteiger partial charge on any atom is -0.371 e. The van der Waals surface area contributed by atoms with Crippen molar-refractivity contribution >= 4 is 21.6 Å². The average Bonchev–Trinajstić information content (AvgIpc) is 3.23. The van der Waals surface area contributed by atoms with Gasteiger partial charge in [-0.15, -0.1) is 0 Å². The maximum Gasteiger partial charge on any atom is 0.0423 e. The Balaban J connectivity index is 2.13. The van der Waals surface area contributed by atoms with Gasteiger partial charge in [0.25, 0.3) is 0 Å². The molecule has 1 aliphatic rings. The minimum absolute atomic E-state index is 0.638. The molecule has 0 bridgehead atoms. The molecule has 0 amide bonds. The fourth-order valence-electron chi connectivity index (χ4n) is 2.53. The Morgan fingerprint density at radius 3 is 2.79 bits per heavy atom. The Bertz CT molecular complexity index is 415. The van der Waals surface area contributed by atoms with E-state index in [-0.39, 0.29) is 0 Å². The van der Waals surface area contributed by atoms with Gasteiger partial charge in [-0.3, -0.25) is 0 Å². The lowest BCUT2D eigenvalue weighted by Crippen LogP contribution is -2.32. The van der Waals surface area contributed by atoms with Gasteiger partial charge in [0, 0.05) is 29.8 Å². The van der Waals surface area contributed by atoms with Crippen LogP contribution in [0.5, 0.6) is 0 Å². The van der Waals surface area contributed by atoms with Gasteiger partial charge in [-0.1, -0.05) is 28.9 Å². The van der Waals surface area contributed by atoms with Crippen LogP contribution in [0.3, 0.4) is 0 Å². The predicted molar refractivity (Wildman–Crippen MR) is 86.7 cm³/mol. The van der Waals surface area contributed by atoms with E-state index in [1.54, 1.807) is 0 Å². The second-order valence-electron chi connectivity index (χ2n) is 5.64. The summed E-state index contributed by atoms with van der Waals surface area (Å²) in [6, 6.07) is 7.27. The predicted octanol–water partition coefficient (Wildman–Crippen LogP) is 4.18. The SMILES string of the molecule is CCCNCc1ccc(Br)cc1N(C)C(C)C1CC1. The molecule has 1 aromatic rings. The van der Waals surface area contributed by atoms with E-state index in [9.17, 15) is 0 Å². The van der Waals surface area contributed by atoms with Crippen molar-refractivity contribution in [2.45, 2.75) is 45.7 Å². The Hall–Kier alpha value is -0.540. The number of rotatable bonds is 7. The first-order chi connectivity index (χ1) is 9.13. The number of hydrogen-bond donors (Lipinski definition) is 1. The maximum absolute atomic E-state index is 3.60. The summed E-state index contributed by atoms with van der Waals surface area (Å²) in [6.45, 7) is 6.59. The molecule has 0 aliphatic heterocycles. The molecule has 106 valence electrons. The lowest BCUT2D eigenvalue weighted by atomic mass is 10.1. The van der Waals surface area contributed by atoms with Gasteiger partial charge in [0.05, 0.1) is 0 Å². The Morgan fingerprint density at radius 1 is 1.42 bits per heavy atom. The molecule has 19 heavy (non-hydrogen) atoms. The van der Waals surface area contributed by atoms with Crippen LogP contribution in [0.1, 0.15) is 38.7 Å². The molecule has 0 aromatic heterocycles. The summed E-state index contributed by atoms with van der Waals surface area (Å²) in [5.41, 5.74) is 2.75. The zero-order valence-electron chi connectivity index (χ0n) is 12.2. The number of benzene rings is 1. The fourth-order valence-corrected chi connectivity index (χ4v) is 2.88. The van der Waals surface area contributed by atoms with E-state index in [1.807, 2.05) is 0 Å². The highest BCUT2D eigenvalue weighted by atomic mass is 79.9. The molecule has 3 heteroatoms. The normalized spacial score (nSPS) is 16.4. The van der Waals surface area contributed by atoms with Gasteiger partial charge in [-0.2, -0.15) is 0 Å². The highest BCUT2D eigenvalue weighted by Crippen LogP contribution is 2.37. The van der Waals surface area contributed by atoms with Crippen LogP contribution in [0.4, 0.5) is 5.69 Å². The standard InChI is InChI=1S/C16H25BrN2/c1-4-9-18-11-14-7-8-15(17)10-16(14)19(3)12(2)13-5-6-13/h7-8,10,12-13,18H,4-6,9,11H2,1-3H3. The molecule has 0 radical (unpaired) electrons. The molecule has 1 aromatic carbocycles. The van der Waals surface area contributed by atoms with Crippen molar-refractivity contribution in [3.63, 3.8) is 0 Å². The van der Waals surface area contributed by atoms with Gasteiger partial charge in [0.15, 0.2) is 0 Å². The molecule has 1 unspecified atom stereocenters. The third-order valence-corrected chi connectivity index (χ3v) is 4.58. The van der Waals surface area contributed by atoms with Crippen LogP contribution in [0.2, 0.25) is 0 Å². The van der Waals surface area contributed by atoms with E-state index < -0.39 is 0 Å². The third kappa shape index (κ3) is 3.96. The van der Waals surface area contributed by atoms with E-state index in [4.69, 9.17) is 0 Å². The zero-order chi connectivity index (χ0) is 13.8. The van der Waals surface area contributed by atoms with Gasteiger partial charge in [0.2, 0.25) is 0 Å². The van der Waals surface area contributed by atoms with Gasteiger partial charge >= 0.3 is 0 Å². The Labute approximate surface area is 125 Å². The molecule has 1 atom stereocenters. The van der Waals surface area contributed by atoms with Gasteiger partial charge in [-0.05, 0) is 56.3 Å². The number of halogens is 1. The van der Waals surface area contributed by atoms with Crippen LogP contribution in [-0.2, 0) is 6.54 Å². The van der Waals surface area contributed by atoms with Crippen LogP contribution >= 0.6 is 15.9 Å². The lowest BCUT2D eigenvalue weighted by Gasteiger charge is -2.29. The highest BCUT2D eigenvalue weighted by molar-refractivity contribution is 9.10. The number of anilines is 1. The van der Waals surface area contributed by atoms with Crippen LogP contribution in [-0.4, -0.2) is 19.6 Å². The number of nitrogens with one attached hydrogen (secondary N) is 1. The molecular formula is C16H25BrN2. The van der Waals surface area contributed by atoms with E-state index in [2.05, 4.69) is 65.2 Å². The summed E-state index contributed by atoms with van der Waals surface area (Å²) < 4.78 is 1.16. The van der Waals surface area contributed by atoms with Gasteiger partial charge in [-0.25, -0.2) is 0 Å². The molecule has 0 saturated heterocycles. The van der Waals surface area contributed by atoms with E-state index in [1.165, 1.54) is 30.5 Å². The van der Waals surface area contributed by atoms with Crippen LogP contribution in [0.15, 0.2) is 22.7 Å². The van der Waals surface area contributed by atoms with Crippen LogP contribution in [0, 0.1) is 5.92 Å². The van der Waals surface area contributed by atoms with Crippen molar-refractivity contribution in [2.24, 2.45) is 5.92 Å². The van der Waals surface area contributed by atoms with Crippen molar-refractivity contribution in [1.82, 2.24) is 5.32 Å². The number of hydrogen-bond acceptors (Lipinski definition) is 2. The number of nitrogens with zero attached hydrogens (tertiary/aromatic N) is 1. The highest BCUT2D eigenvalue weighted by Gasteiger charge is 2.31. The Morgan fingerprint density at radius 2 is 2.16 bits per heavy atom. The zero-order valence-corrected chi connectivity index (χ0v) is 13.8. The van der Waals surface area contributed by atoms with E-state index in [0.717, 1.165) is 23.5 Å². The second-order valence-corrected chi connectivity index (χ2v) is 6.55. The first-order valence-electron chi connectivity index (χ1n) is 7.35. The molecule has 0 heterocycles. The summed E-state index contributed by atoms with van der Waals surface area (Å²) in [6.07, 6.45) is 3.96. The van der Waals surface area contributed by atoms with Crippen molar-refractivity contribution in [2.75, 3.05) is 18.5 Å². The molecule has 1 saturated carbocycles. The second kappa shape index (κ2) is 6.76. The summed E-state index contributed by atoms with van der Waals surface area (Å²) >= 11 is 3.60. The molecule has 2 rings (SSSR count). The fraction of sp³-hybridized carbons (Fsp3) is 0.625. The first kappa shape index (κ1) is 14.9. The van der Waals surface area contributed by atoms with Gasteiger partial charge in [0.1, 0.15) is 0 Å². The smallest absolute Gasteiger partial charge is 0.0423 e. The monoisotopic (exact) mass is 324 g/mol. The topological polar surface area (TPSA) is 15.3 Å². The summed E-state index contributed by atoms with van der Waals surface area (Å²) in [5.74, 6) is 0.889. The summed E-state index contributed by atoms with van der Waals surface area (Å²) in [4.78, 5) is 2.45. The quantitative estimate of drug-likeness (QED) is 0.757. The Kier molecular flexibility index (Phi) is 5.28. The summed E-state index contributed by atoms with van der Waals surface area (Å²) in [7, 11) is 2.23. The minimum atomic E-state index is 0.638. The maximum atomic E-state index is 3.60. The van der Waals surface area contributed by atoms with Gasteiger partial charge < -0.3 is 10.2 Å². The molecular weight excluding hydrogens is 300 g/mol. The van der Waals surface area contributed by atoms with Crippen molar-refractivity contribution in [3.8, 4) is 0 Å². The molecule has 0 spiro atoms. The van der Waals surface area contributed by atoms with E-state index >= 15 is 0 Å². The molecule has 1 fully saturated rings.